The summed E-state index contributed by atoms with van der Waals surface area (Å²) in [5, 5.41) is 4.82. The zero-order chi connectivity index (χ0) is 47.8. The molecule has 1 aliphatic rings. The summed E-state index contributed by atoms with van der Waals surface area (Å²) in [6, 6.07) is 17.2. The lowest BCUT2D eigenvalue weighted by Crippen LogP contribution is -2.65. The third kappa shape index (κ3) is 12.6. The van der Waals surface area contributed by atoms with E-state index in [4.69, 9.17) is 43.7 Å². The van der Waals surface area contributed by atoms with Crippen LogP contribution in [-0.2, 0) is 55.9 Å². The highest BCUT2D eigenvalue weighted by Crippen LogP contribution is 2.37. The van der Waals surface area contributed by atoms with E-state index in [0.717, 1.165) is 16.8 Å². The molecule has 0 bridgehead atoms. The highest BCUT2D eigenvalue weighted by molar-refractivity contribution is 5.78. The lowest BCUT2D eigenvalue weighted by molar-refractivity contribution is -0.294. The van der Waals surface area contributed by atoms with Gasteiger partial charge in [-0.05, 0) is 127 Å². The summed E-state index contributed by atoms with van der Waals surface area (Å²) < 4.78 is 77.1. The van der Waals surface area contributed by atoms with Gasteiger partial charge in [0, 0.05) is 29.2 Å². The predicted octanol–water partition coefficient (Wildman–Crippen LogP) is 8.51. The molecule has 1 fully saturated rings. The van der Waals surface area contributed by atoms with Gasteiger partial charge in [0.1, 0.15) is 25.1 Å². The van der Waals surface area contributed by atoms with E-state index in [-0.39, 0.29) is 32.6 Å². The average molecular weight is 839 g/mol. The molecule has 3 aromatic rings. The number of rotatable bonds is 13. The molecule has 0 N–H and O–H groups in total. The maximum absolute atomic E-state index is 14.0. The Bertz CT molecular complexity index is 2050. The van der Waals surface area contributed by atoms with Crippen LogP contribution in [0.15, 0.2) is 54.6 Å². The molecule has 1 aliphatic heterocycles. The van der Waals surface area contributed by atoms with Crippen LogP contribution in [-0.4, -0.2) is 71.0 Å². The van der Waals surface area contributed by atoms with Gasteiger partial charge >= 0.3 is 23.9 Å². The van der Waals surface area contributed by atoms with Crippen LogP contribution in [0.4, 0.5) is 0 Å². The van der Waals surface area contributed by atoms with Gasteiger partial charge in [0.25, 0.3) is 0 Å². The molecule has 0 aliphatic carbocycles. The number of hydrogen-bond donors (Lipinski definition) is 0. The molecule has 60 heavy (non-hydrogen) atoms. The van der Waals surface area contributed by atoms with E-state index in [1.807, 2.05) is 75.4 Å². The summed E-state index contributed by atoms with van der Waals surface area (Å²) in [6.07, 6.45) is -7.84. The van der Waals surface area contributed by atoms with Gasteiger partial charge in [0.05, 0.1) is 21.7 Å². The highest BCUT2D eigenvalue weighted by atomic mass is 16.7. The first kappa shape index (κ1) is 41.8. The molecular formula is C47H66N2O11. The number of esters is 4. The first-order chi connectivity index (χ1) is 29.9. The number of carbonyl (C=O) groups excluding carboxylic acids is 4. The van der Waals surface area contributed by atoms with Crippen LogP contribution in [0.25, 0.3) is 0 Å². The Morgan fingerprint density at radius 3 is 1.77 bits per heavy atom. The van der Waals surface area contributed by atoms with Gasteiger partial charge in [0.15, 0.2) is 12.2 Å². The zero-order valence-electron chi connectivity index (χ0n) is 41.0. The molecule has 0 amide bonds. The number of aromatic nitrogens is 2. The molecule has 0 radical (unpaired) electrons. The Morgan fingerprint density at radius 2 is 1.23 bits per heavy atom. The van der Waals surface area contributed by atoms with E-state index in [1.54, 1.807) is 4.68 Å². The largest absolute Gasteiger partial charge is 0.489 e. The van der Waals surface area contributed by atoms with Crippen LogP contribution in [0.3, 0.4) is 0 Å². The third-order valence-electron chi connectivity index (χ3n) is 9.42. The van der Waals surface area contributed by atoms with Crippen molar-refractivity contribution >= 4 is 23.9 Å². The number of nitrogens with zero attached hydrogens (tertiary/aromatic N) is 2. The summed E-state index contributed by atoms with van der Waals surface area (Å²) >= 11 is 0. The molecule has 2 aromatic carbocycles. The van der Waals surface area contributed by atoms with Crippen molar-refractivity contribution in [1.82, 2.24) is 9.78 Å². The number of benzene rings is 2. The Morgan fingerprint density at radius 1 is 0.717 bits per heavy atom. The molecule has 5 atom stereocenters. The molecule has 1 aromatic heterocycles. The minimum atomic E-state index is -1.71. The fourth-order valence-corrected chi connectivity index (χ4v) is 5.80. The van der Waals surface area contributed by atoms with Gasteiger partial charge in [-0.25, -0.2) is 0 Å². The lowest BCUT2D eigenvalue weighted by atomic mass is 9.93. The molecule has 13 heteroatoms. The summed E-state index contributed by atoms with van der Waals surface area (Å²) in [4.78, 5) is 55.0. The second-order valence-electron chi connectivity index (χ2n) is 18.4. The van der Waals surface area contributed by atoms with E-state index in [2.05, 4.69) is 0 Å². The molecule has 4 rings (SSSR count). The van der Waals surface area contributed by atoms with Crippen LogP contribution < -0.4 is 9.47 Å². The lowest BCUT2D eigenvalue weighted by Gasteiger charge is -2.45. The predicted molar refractivity (Wildman–Crippen MR) is 225 cm³/mol. The monoisotopic (exact) mass is 838 g/mol. The minimum Gasteiger partial charge on any atom is -0.489 e. The van der Waals surface area contributed by atoms with Crippen LogP contribution in [0.5, 0.6) is 11.6 Å². The van der Waals surface area contributed by atoms with Crippen molar-refractivity contribution in [1.29, 1.82) is 0 Å². The number of carbonyl (C=O) groups is 4. The normalized spacial score (nSPS) is 20.8. The van der Waals surface area contributed by atoms with Crippen molar-refractivity contribution in [2.45, 2.75) is 154 Å². The van der Waals surface area contributed by atoms with Crippen molar-refractivity contribution in [3.63, 3.8) is 0 Å². The third-order valence-corrected chi connectivity index (χ3v) is 9.42. The highest BCUT2D eigenvalue weighted by Gasteiger charge is 2.56. The van der Waals surface area contributed by atoms with E-state index in [1.165, 1.54) is 55.4 Å². The summed E-state index contributed by atoms with van der Waals surface area (Å²) in [5.41, 5.74) is -2.11. The topological polar surface area (TPSA) is 151 Å². The quantitative estimate of drug-likeness (QED) is 0.120. The Balaban J connectivity index is 1.86. The first-order valence-electron chi connectivity index (χ1n) is 22.9. The van der Waals surface area contributed by atoms with E-state index in [0.29, 0.717) is 24.3 Å². The molecule has 0 spiro atoms. The van der Waals surface area contributed by atoms with Crippen molar-refractivity contribution < 1.29 is 57.8 Å². The average Bonchev–Trinajstić information content (AvgIpc) is 3.57. The van der Waals surface area contributed by atoms with Gasteiger partial charge in [-0.1, -0.05) is 42.5 Å². The molecule has 1 saturated heterocycles. The second kappa shape index (κ2) is 18.8. The minimum absolute atomic E-state index is 0.0786. The van der Waals surface area contributed by atoms with Crippen molar-refractivity contribution in [3.05, 3.63) is 77.0 Å². The maximum Gasteiger partial charge on any atom is 0.311 e. The van der Waals surface area contributed by atoms with Crippen molar-refractivity contribution in [2.24, 2.45) is 21.7 Å². The molecule has 13 nitrogen and oxygen atoms in total. The van der Waals surface area contributed by atoms with Crippen LogP contribution in [0, 0.1) is 28.6 Å². The summed E-state index contributed by atoms with van der Waals surface area (Å²) in [6.45, 7) is 16.1. The summed E-state index contributed by atoms with van der Waals surface area (Å²) in [5.74, 6) is -2.70. The first-order valence-corrected chi connectivity index (χ1v) is 20.0. The zero-order valence-corrected chi connectivity index (χ0v) is 37.0. The van der Waals surface area contributed by atoms with Gasteiger partial charge in [-0.2, -0.15) is 0 Å². The number of ether oxygens (including phenoxy) is 7. The number of hydrogen-bond acceptors (Lipinski definition) is 12. The molecule has 2 heterocycles. The molecule has 330 valence electrons. The standard InChI is InChI=1S/C47H66N2O11/c1-28(2)49-29(3)33(25-30-21-23-32(24-22-30)54-26-31-19-17-16-18-20-31)38(48-49)60-39-37(59-43(53)47(13,14)15)36(58-42(52)46(10,11)12)35(57-41(51)45(7,8)9)34(56-39)27-55-40(50)44(4,5)6/h16-24,28,34-37,39H,25-27H2,1-15H3/t34-,35-,36+,37-,39?/m1/s1/i4D,7D,10D,13D. The second-order valence-corrected chi connectivity index (χ2v) is 18.4. The van der Waals surface area contributed by atoms with E-state index in [9.17, 15) is 19.2 Å². The van der Waals surface area contributed by atoms with Crippen LogP contribution >= 0.6 is 0 Å². The Kier molecular flexibility index (Phi) is 13.1. The summed E-state index contributed by atoms with van der Waals surface area (Å²) in [7, 11) is 0. The van der Waals surface area contributed by atoms with Gasteiger partial charge in [-0.3, -0.25) is 23.9 Å². The van der Waals surface area contributed by atoms with Gasteiger partial charge < -0.3 is 33.2 Å². The van der Waals surface area contributed by atoms with Crippen molar-refractivity contribution in [3.8, 4) is 11.6 Å². The fraction of sp³-hybridized carbons (Fsp3) is 0.596. The van der Waals surface area contributed by atoms with E-state index < -0.39 is 89.7 Å². The van der Waals surface area contributed by atoms with Gasteiger partial charge in [0.2, 0.25) is 18.3 Å². The Labute approximate surface area is 361 Å². The van der Waals surface area contributed by atoms with Crippen LogP contribution in [0.1, 0.15) is 131 Å². The van der Waals surface area contributed by atoms with Gasteiger partial charge in [-0.15, -0.1) is 5.10 Å². The smallest absolute Gasteiger partial charge is 0.311 e. The Hall–Kier alpha value is -4.91. The molecular weight excluding hydrogens is 769 g/mol. The SMILES string of the molecule is [2H]CC(C)(C)C(=O)OC[C@H]1OC(Oc2nn(C(C)C)c(C)c2Cc2ccc(OCc3ccccc3)cc2)[C@H](OC(=O)C(C)(C)C[2H])[C@@H](OC(=O)C(C)(C)C[2H])[C@@H]1OC(=O)C(C)(C)C[2H]. The van der Waals surface area contributed by atoms with Crippen molar-refractivity contribution in [2.75, 3.05) is 6.61 Å². The molecule has 0 saturated carbocycles. The van der Waals surface area contributed by atoms with E-state index >= 15 is 0 Å². The fourth-order valence-electron chi connectivity index (χ4n) is 5.80. The maximum atomic E-state index is 14.0. The van der Waals surface area contributed by atoms with Crippen LogP contribution in [0.2, 0.25) is 0 Å². The molecule has 1 unspecified atom stereocenters.